The van der Waals surface area contributed by atoms with Gasteiger partial charge in [0.2, 0.25) is 5.91 Å². The number of rotatable bonds is 5. The van der Waals surface area contributed by atoms with Crippen molar-refractivity contribution in [2.24, 2.45) is 0 Å². The third kappa shape index (κ3) is 4.78. The van der Waals surface area contributed by atoms with Crippen LogP contribution in [0.2, 0.25) is 5.02 Å². The molecule has 1 amide bonds. The highest BCUT2D eigenvalue weighted by atomic mass is 35.5. The van der Waals surface area contributed by atoms with Gasteiger partial charge in [0.05, 0.1) is 30.1 Å². The largest absolute Gasteiger partial charge is 0.489 e. The predicted octanol–water partition coefficient (Wildman–Crippen LogP) is 4.02. The first kappa shape index (κ1) is 19.1. The number of ether oxygens (including phenoxy) is 2. The lowest BCUT2D eigenvalue weighted by Crippen LogP contribution is -2.20. The molecule has 0 fully saturated rings. The van der Waals surface area contributed by atoms with Gasteiger partial charge in [0.1, 0.15) is 0 Å². The summed E-state index contributed by atoms with van der Waals surface area (Å²) >= 11 is 6.29. The third-order valence-electron chi connectivity index (χ3n) is 4.38. The van der Waals surface area contributed by atoms with Gasteiger partial charge in [-0.15, -0.1) is 0 Å². The summed E-state index contributed by atoms with van der Waals surface area (Å²) in [5.74, 6) is 0.971. The van der Waals surface area contributed by atoms with Crippen molar-refractivity contribution in [1.82, 2.24) is 15.1 Å². The number of hydrogen-bond acceptors (Lipinski definition) is 4. The number of benzene rings is 2. The molecule has 0 spiro atoms. The Morgan fingerprint density at radius 2 is 2.03 bits per heavy atom. The van der Waals surface area contributed by atoms with E-state index in [9.17, 15) is 4.79 Å². The van der Waals surface area contributed by atoms with Gasteiger partial charge in [-0.2, -0.15) is 5.10 Å². The number of carbonyl (C=O) groups is 1. The number of para-hydroxylation sites is 1. The molecule has 3 aromatic rings. The van der Waals surface area contributed by atoms with E-state index < -0.39 is 0 Å². The van der Waals surface area contributed by atoms with Crippen LogP contribution < -0.4 is 14.8 Å². The summed E-state index contributed by atoms with van der Waals surface area (Å²) in [4.78, 5) is 12.2. The molecule has 2 heterocycles. The molecule has 2 aromatic carbocycles. The highest BCUT2D eigenvalue weighted by molar-refractivity contribution is 6.32. The second-order valence-corrected chi connectivity index (χ2v) is 6.97. The van der Waals surface area contributed by atoms with E-state index in [4.69, 9.17) is 21.1 Å². The number of nitrogens with one attached hydrogen (secondary N) is 1. The normalized spacial score (nSPS) is 13.3. The summed E-state index contributed by atoms with van der Waals surface area (Å²) in [6.45, 7) is 1.50. The molecule has 1 N–H and O–H groups in total. The number of halogens is 1. The van der Waals surface area contributed by atoms with Gasteiger partial charge in [0.15, 0.2) is 11.5 Å². The van der Waals surface area contributed by atoms with E-state index >= 15 is 0 Å². The quantitative estimate of drug-likeness (QED) is 0.646. The van der Waals surface area contributed by atoms with Crippen LogP contribution in [0.4, 0.5) is 0 Å². The van der Waals surface area contributed by atoms with Crippen LogP contribution in [0.15, 0.2) is 60.9 Å². The van der Waals surface area contributed by atoms with Crippen LogP contribution in [0.3, 0.4) is 0 Å². The Morgan fingerprint density at radius 1 is 1.21 bits per heavy atom. The van der Waals surface area contributed by atoms with Crippen molar-refractivity contribution in [3.63, 3.8) is 0 Å². The van der Waals surface area contributed by atoms with Gasteiger partial charge < -0.3 is 14.8 Å². The lowest BCUT2D eigenvalue weighted by Gasteiger charge is -2.11. The Morgan fingerprint density at radius 3 is 2.90 bits per heavy atom. The maximum Gasteiger partial charge on any atom is 0.244 e. The van der Waals surface area contributed by atoms with E-state index in [-0.39, 0.29) is 5.91 Å². The van der Waals surface area contributed by atoms with Gasteiger partial charge in [0.25, 0.3) is 0 Å². The molecular weight excluding hydrogens is 390 g/mol. The first-order valence-corrected chi connectivity index (χ1v) is 9.71. The minimum Gasteiger partial charge on any atom is -0.489 e. The van der Waals surface area contributed by atoms with Crippen LogP contribution in [0.25, 0.3) is 11.8 Å². The minimum atomic E-state index is -0.208. The molecule has 1 aromatic heterocycles. The second kappa shape index (κ2) is 8.84. The first-order valence-electron chi connectivity index (χ1n) is 9.33. The lowest BCUT2D eigenvalue weighted by atomic mass is 10.2. The molecule has 148 valence electrons. The molecule has 7 heteroatoms. The van der Waals surface area contributed by atoms with Crippen LogP contribution >= 0.6 is 11.6 Å². The summed E-state index contributed by atoms with van der Waals surface area (Å²) in [6.07, 6.45) is 7.59. The van der Waals surface area contributed by atoms with Crippen molar-refractivity contribution in [3.05, 3.63) is 77.1 Å². The van der Waals surface area contributed by atoms with Crippen LogP contribution in [-0.4, -0.2) is 28.9 Å². The first-order chi connectivity index (χ1) is 14.2. The smallest absolute Gasteiger partial charge is 0.244 e. The predicted molar refractivity (Wildman–Crippen MR) is 112 cm³/mol. The monoisotopic (exact) mass is 409 g/mol. The number of nitrogens with zero attached hydrogens (tertiary/aromatic N) is 2. The number of carbonyl (C=O) groups excluding carboxylic acids is 1. The highest BCUT2D eigenvalue weighted by Crippen LogP contribution is 2.37. The van der Waals surface area contributed by atoms with E-state index in [2.05, 4.69) is 10.4 Å². The van der Waals surface area contributed by atoms with Gasteiger partial charge in [-0.3, -0.25) is 4.79 Å². The highest BCUT2D eigenvalue weighted by Gasteiger charge is 2.15. The van der Waals surface area contributed by atoms with Crippen LogP contribution in [0, 0.1) is 0 Å². The Labute approximate surface area is 173 Å². The fourth-order valence-corrected chi connectivity index (χ4v) is 3.24. The van der Waals surface area contributed by atoms with E-state index in [0.717, 1.165) is 23.2 Å². The minimum absolute atomic E-state index is 0.208. The Hall–Kier alpha value is -3.25. The third-order valence-corrected chi connectivity index (χ3v) is 4.66. The van der Waals surface area contributed by atoms with E-state index in [0.29, 0.717) is 36.3 Å². The van der Waals surface area contributed by atoms with Crippen LogP contribution in [0.5, 0.6) is 11.5 Å². The summed E-state index contributed by atoms with van der Waals surface area (Å²) in [5.41, 5.74) is 2.64. The maximum absolute atomic E-state index is 12.2. The van der Waals surface area contributed by atoms with Gasteiger partial charge in [-0.1, -0.05) is 29.8 Å². The molecule has 1 aliphatic rings. The van der Waals surface area contributed by atoms with Crippen molar-refractivity contribution in [2.75, 3.05) is 13.2 Å². The van der Waals surface area contributed by atoms with E-state index in [1.54, 1.807) is 23.0 Å². The molecule has 0 aliphatic carbocycles. The Bertz CT molecular complexity index is 1030. The second-order valence-electron chi connectivity index (χ2n) is 6.56. The number of aromatic nitrogens is 2. The number of hydrogen-bond donors (Lipinski definition) is 1. The summed E-state index contributed by atoms with van der Waals surface area (Å²) in [6, 6.07) is 13.4. The molecule has 0 radical (unpaired) electrons. The molecule has 0 saturated heterocycles. The van der Waals surface area contributed by atoms with Crippen molar-refractivity contribution < 1.29 is 14.3 Å². The zero-order chi connectivity index (χ0) is 20.1. The molecule has 0 unspecified atom stereocenters. The van der Waals surface area contributed by atoms with Gasteiger partial charge >= 0.3 is 0 Å². The molecule has 6 nitrogen and oxygen atoms in total. The van der Waals surface area contributed by atoms with Crippen LogP contribution in [0.1, 0.15) is 17.5 Å². The standard InChI is InChI=1S/C22H20ClN3O3/c23-19-11-17(12-20-22(19)29-10-4-9-28-20)13-24-21(27)8-7-16-14-25-26(15-16)18-5-2-1-3-6-18/h1-3,5-8,11-12,14-15H,4,9-10,13H2,(H,24,27)/b8-7+. The van der Waals surface area contributed by atoms with Crippen molar-refractivity contribution in [3.8, 4) is 17.2 Å². The van der Waals surface area contributed by atoms with E-state index in [1.165, 1.54) is 6.08 Å². The molecule has 29 heavy (non-hydrogen) atoms. The van der Waals surface area contributed by atoms with Gasteiger partial charge in [0, 0.05) is 30.8 Å². The molecule has 0 atom stereocenters. The zero-order valence-electron chi connectivity index (χ0n) is 15.7. The fourth-order valence-electron chi connectivity index (χ4n) is 2.95. The van der Waals surface area contributed by atoms with Crippen molar-refractivity contribution in [1.29, 1.82) is 0 Å². The zero-order valence-corrected chi connectivity index (χ0v) is 16.4. The summed E-state index contributed by atoms with van der Waals surface area (Å²) in [7, 11) is 0. The fraction of sp³-hybridized carbons (Fsp3) is 0.182. The van der Waals surface area contributed by atoms with Crippen molar-refractivity contribution in [2.45, 2.75) is 13.0 Å². The van der Waals surface area contributed by atoms with Crippen LogP contribution in [-0.2, 0) is 11.3 Å². The molecule has 0 bridgehead atoms. The molecule has 4 rings (SSSR count). The number of amides is 1. The maximum atomic E-state index is 12.2. The average molecular weight is 410 g/mol. The lowest BCUT2D eigenvalue weighted by molar-refractivity contribution is -0.116. The molecule has 1 aliphatic heterocycles. The molecular formula is C22H20ClN3O3. The Kier molecular flexibility index (Phi) is 5.81. The Balaban J connectivity index is 1.36. The van der Waals surface area contributed by atoms with E-state index in [1.807, 2.05) is 42.6 Å². The summed E-state index contributed by atoms with van der Waals surface area (Å²) < 4.78 is 13.1. The molecule has 0 saturated carbocycles. The topological polar surface area (TPSA) is 65.4 Å². The van der Waals surface area contributed by atoms with Gasteiger partial charge in [-0.25, -0.2) is 4.68 Å². The SMILES string of the molecule is O=C(/C=C/c1cnn(-c2ccccc2)c1)NCc1cc(Cl)c2c(c1)OCCCO2. The number of fused-ring (bicyclic) bond motifs is 1. The average Bonchev–Trinajstić information content (AvgIpc) is 3.09. The summed E-state index contributed by atoms with van der Waals surface area (Å²) in [5, 5.41) is 7.64. The van der Waals surface area contributed by atoms with Crippen molar-refractivity contribution >= 4 is 23.6 Å². The van der Waals surface area contributed by atoms with Gasteiger partial charge in [-0.05, 0) is 35.9 Å².